The highest BCUT2D eigenvalue weighted by Crippen LogP contribution is 2.63. The number of hydrogen-bond donors (Lipinski definition) is 1. The molecule has 0 bridgehead atoms. The van der Waals surface area contributed by atoms with E-state index in [4.69, 9.17) is 10.5 Å². The highest BCUT2D eigenvalue weighted by Gasteiger charge is 2.57. The van der Waals surface area contributed by atoms with Crippen molar-refractivity contribution in [1.82, 2.24) is 0 Å². The summed E-state index contributed by atoms with van der Waals surface area (Å²) in [5.41, 5.74) is 7.52. The topological polar surface area (TPSA) is 35.2 Å². The van der Waals surface area contributed by atoms with Gasteiger partial charge in [-0.05, 0) is 48.4 Å². The second kappa shape index (κ2) is 4.10. The maximum atomic E-state index is 5.80. The molecule has 2 atom stereocenters. The summed E-state index contributed by atoms with van der Waals surface area (Å²) in [4.78, 5) is 0. The van der Waals surface area contributed by atoms with Crippen molar-refractivity contribution < 1.29 is 4.74 Å². The van der Waals surface area contributed by atoms with Crippen LogP contribution in [0.5, 0.6) is 5.75 Å². The second-order valence-electron chi connectivity index (χ2n) is 5.15. The minimum Gasteiger partial charge on any atom is -0.494 e. The zero-order valence-electron chi connectivity index (χ0n) is 10.4. The van der Waals surface area contributed by atoms with Crippen molar-refractivity contribution in [2.45, 2.75) is 26.7 Å². The van der Waals surface area contributed by atoms with Crippen LogP contribution in [-0.2, 0) is 0 Å². The van der Waals surface area contributed by atoms with E-state index in [9.17, 15) is 0 Å². The Morgan fingerprint density at radius 1 is 1.38 bits per heavy atom. The molecule has 2 heteroatoms. The Labute approximate surface area is 97.8 Å². The second-order valence-corrected chi connectivity index (χ2v) is 5.15. The Bertz CT molecular complexity index is 373. The van der Waals surface area contributed by atoms with Crippen molar-refractivity contribution in [3.63, 3.8) is 0 Å². The van der Waals surface area contributed by atoms with Gasteiger partial charge in [0.1, 0.15) is 5.75 Å². The third kappa shape index (κ3) is 1.82. The molecule has 2 rings (SSSR count). The number of rotatable bonds is 4. The molecule has 0 radical (unpaired) electrons. The molecule has 0 unspecified atom stereocenters. The van der Waals surface area contributed by atoms with Crippen LogP contribution in [0.4, 0.5) is 0 Å². The molecule has 88 valence electrons. The summed E-state index contributed by atoms with van der Waals surface area (Å²) in [5, 5.41) is 0. The number of hydrogen-bond acceptors (Lipinski definition) is 2. The van der Waals surface area contributed by atoms with Crippen LogP contribution in [0.25, 0.3) is 0 Å². The molecule has 0 amide bonds. The standard InChI is InChI=1S/C14H21NO/c1-4-16-11-7-5-6-10(8-11)13-12(9-15)14(13,2)3/h5-8,12-13H,4,9,15H2,1-3H3/t12-,13-/m1/s1. The Kier molecular flexibility index (Phi) is 2.94. The smallest absolute Gasteiger partial charge is 0.119 e. The molecule has 16 heavy (non-hydrogen) atoms. The maximum absolute atomic E-state index is 5.80. The Morgan fingerprint density at radius 2 is 2.12 bits per heavy atom. The molecule has 1 aliphatic rings. The minimum absolute atomic E-state index is 0.347. The normalized spacial score (nSPS) is 26.5. The van der Waals surface area contributed by atoms with Gasteiger partial charge in [0.05, 0.1) is 6.61 Å². The molecular weight excluding hydrogens is 198 g/mol. The van der Waals surface area contributed by atoms with Crippen LogP contribution in [0, 0.1) is 11.3 Å². The molecule has 2 N–H and O–H groups in total. The van der Waals surface area contributed by atoms with Gasteiger partial charge in [-0.1, -0.05) is 26.0 Å². The van der Waals surface area contributed by atoms with Crippen LogP contribution in [0.2, 0.25) is 0 Å². The van der Waals surface area contributed by atoms with Crippen molar-refractivity contribution >= 4 is 0 Å². The molecule has 0 saturated heterocycles. The lowest BCUT2D eigenvalue weighted by molar-refractivity contribution is 0.340. The van der Waals surface area contributed by atoms with Crippen LogP contribution in [-0.4, -0.2) is 13.2 Å². The van der Waals surface area contributed by atoms with Crippen molar-refractivity contribution in [2.24, 2.45) is 17.1 Å². The summed E-state index contributed by atoms with van der Waals surface area (Å²) in [6.45, 7) is 8.09. The average molecular weight is 219 g/mol. The Morgan fingerprint density at radius 3 is 2.69 bits per heavy atom. The molecule has 1 fully saturated rings. The van der Waals surface area contributed by atoms with Gasteiger partial charge >= 0.3 is 0 Å². The molecule has 1 aliphatic carbocycles. The first kappa shape index (κ1) is 11.5. The largest absolute Gasteiger partial charge is 0.494 e. The Hall–Kier alpha value is -1.02. The van der Waals surface area contributed by atoms with Crippen LogP contribution >= 0.6 is 0 Å². The first-order valence-electron chi connectivity index (χ1n) is 6.04. The summed E-state index contributed by atoms with van der Waals surface area (Å²) in [7, 11) is 0. The molecule has 1 aromatic carbocycles. The van der Waals surface area contributed by atoms with E-state index in [-0.39, 0.29) is 0 Å². The van der Waals surface area contributed by atoms with E-state index < -0.39 is 0 Å². The van der Waals surface area contributed by atoms with Gasteiger partial charge in [-0.25, -0.2) is 0 Å². The predicted octanol–water partition coefficient (Wildman–Crippen LogP) is 2.78. The summed E-state index contributed by atoms with van der Waals surface area (Å²) in [6, 6.07) is 8.43. The number of ether oxygens (including phenoxy) is 1. The lowest BCUT2D eigenvalue weighted by atomic mass is 10.0. The molecule has 0 spiro atoms. The zero-order chi connectivity index (χ0) is 11.8. The average Bonchev–Trinajstić information content (AvgIpc) is 2.81. The van der Waals surface area contributed by atoms with Crippen molar-refractivity contribution in [1.29, 1.82) is 0 Å². The van der Waals surface area contributed by atoms with E-state index >= 15 is 0 Å². The van der Waals surface area contributed by atoms with E-state index in [2.05, 4.69) is 32.0 Å². The predicted molar refractivity (Wildman–Crippen MR) is 66.7 cm³/mol. The Balaban J connectivity index is 2.19. The lowest BCUT2D eigenvalue weighted by Gasteiger charge is -2.07. The van der Waals surface area contributed by atoms with Crippen LogP contribution in [0.15, 0.2) is 24.3 Å². The van der Waals surface area contributed by atoms with E-state index in [0.29, 0.717) is 17.3 Å². The number of benzene rings is 1. The first-order valence-corrected chi connectivity index (χ1v) is 6.04. The van der Waals surface area contributed by atoms with Gasteiger partial charge < -0.3 is 10.5 Å². The fourth-order valence-corrected chi connectivity index (χ4v) is 2.81. The fourth-order valence-electron chi connectivity index (χ4n) is 2.81. The molecule has 0 aromatic heterocycles. The van der Waals surface area contributed by atoms with Gasteiger partial charge in [0.15, 0.2) is 0 Å². The van der Waals surface area contributed by atoms with Gasteiger partial charge in [-0.2, -0.15) is 0 Å². The summed E-state index contributed by atoms with van der Waals surface area (Å²) >= 11 is 0. The fraction of sp³-hybridized carbons (Fsp3) is 0.571. The van der Waals surface area contributed by atoms with E-state index in [0.717, 1.165) is 18.9 Å². The van der Waals surface area contributed by atoms with Crippen LogP contribution in [0.1, 0.15) is 32.3 Å². The van der Waals surface area contributed by atoms with Gasteiger partial charge in [-0.3, -0.25) is 0 Å². The van der Waals surface area contributed by atoms with Gasteiger partial charge in [-0.15, -0.1) is 0 Å². The van der Waals surface area contributed by atoms with Crippen molar-refractivity contribution in [2.75, 3.05) is 13.2 Å². The lowest BCUT2D eigenvalue weighted by Crippen LogP contribution is -2.05. The van der Waals surface area contributed by atoms with Gasteiger partial charge in [0, 0.05) is 0 Å². The quantitative estimate of drug-likeness (QED) is 0.845. The molecular formula is C14H21NO. The SMILES string of the molecule is CCOc1cccc([C@@H]2[C@@H](CN)C2(C)C)c1. The molecule has 0 heterocycles. The number of nitrogens with two attached hydrogens (primary N) is 1. The van der Waals surface area contributed by atoms with E-state index in [1.807, 2.05) is 13.0 Å². The monoisotopic (exact) mass is 219 g/mol. The van der Waals surface area contributed by atoms with Gasteiger partial charge in [0.2, 0.25) is 0 Å². The molecule has 1 saturated carbocycles. The third-order valence-electron chi connectivity index (χ3n) is 3.83. The van der Waals surface area contributed by atoms with E-state index in [1.165, 1.54) is 5.56 Å². The first-order chi connectivity index (χ1) is 7.61. The summed E-state index contributed by atoms with van der Waals surface area (Å²) in [5.74, 6) is 2.18. The maximum Gasteiger partial charge on any atom is 0.119 e. The van der Waals surface area contributed by atoms with Crippen LogP contribution in [0.3, 0.4) is 0 Å². The molecule has 2 nitrogen and oxygen atoms in total. The molecule has 1 aromatic rings. The zero-order valence-corrected chi connectivity index (χ0v) is 10.4. The van der Waals surface area contributed by atoms with Crippen molar-refractivity contribution in [3.05, 3.63) is 29.8 Å². The molecule has 0 aliphatic heterocycles. The summed E-state index contributed by atoms with van der Waals surface area (Å²) in [6.07, 6.45) is 0. The minimum atomic E-state index is 0.347. The highest BCUT2D eigenvalue weighted by molar-refractivity contribution is 5.37. The summed E-state index contributed by atoms with van der Waals surface area (Å²) < 4.78 is 5.53. The van der Waals surface area contributed by atoms with Crippen molar-refractivity contribution in [3.8, 4) is 5.75 Å². The highest BCUT2D eigenvalue weighted by atomic mass is 16.5. The third-order valence-corrected chi connectivity index (χ3v) is 3.83. The van der Waals surface area contributed by atoms with Crippen LogP contribution < -0.4 is 10.5 Å². The van der Waals surface area contributed by atoms with Gasteiger partial charge in [0.25, 0.3) is 0 Å². The van der Waals surface area contributed by atoms with E-state index in [1.54, 1.807) is 0 Å².